The summed E-state index contributed by atoms with van der Waals surface area (Å²) in [5, 5.41) is 3.37. The average molecular weight is 301 g/mol. The molecular weight excluding hydrogens is 276 g/mol. The van der Waals surface area contributed by atoms with Crippen molar-refractivity contribution in [1.29, 1.82) is 0 Å². The molecule has 1 N–H and O–H groups in total. The molecule has 0 spiro atoms. The van der Waals surface area contributed by atoms with E-state index in [1.807, 2.05) is 19.2 Å². The van der Waals surface area contributed by atoms with Crippen molar-refractivity contribution in [3.8, 4) is 11.5 Å². The molecule has 0 bridgehead atoms. The van der Waals surface area contributed by atoms with Crippen molar-refractivity contribution in [1.82, 2.24) is 10.2 Å². The van der Waals surface area contributed by atoms with Gasteiger partial charge in [-0.1, -0.05) is 12.1 Å². The minimum Gasteiger partial charge on any atom is -0.493 e. The summed E-state index contributed by atoms with van der Waals surface area (Å²) in [5.74, 6) is 1.67. The Balaban J connectivity index is 0.00000200. The van der Waals surface area contributed by atoms with Crippen molar-refractivity contribution < 1.29 is 9.47 Å². The average Bonchev–Trinajstić information content (AvgIpc) is 2.47. The van der Waals surface area contributed by atoms with Crippen LogP contribution in [0, 0.1) is 0 Å². The lowest BCUT2D eigenvalue weighted by Gasteiger charge is -2.32. The van der Waals surface area contributed by atoms with Gasteiger partial charge in [-0.15, -0.1) is 12.4 Å². The lowest BCUT2D eigenvalue weighted by molar-refractivity contribution is 0.185. The maximum atomic E-state index is 5.49. The molecule has 114 valence electrons. The third kappa shape index (κ3) is 4.01. The van der Waals surface area contributed by atoms with Crippen LogP contribution in [0.5, 0.6) is 11.5 Å². The van der Waals surface area contributed by atoms with Gasteiger partial charge in [-0.3, -0.25) is 4.90 Å². The van der Waals surface area contributed by atoms with Crippen molar-refractivity contribution in [3.63, 3.8) is 0 Å². The van der Waals surface area contributed by atoms with Crippen LogP contribution in [0.4, 0.5) is 0 Å². The number of rotatable bonds is 5. The van der Waals surface area contributed by atoms with Crippen LogP contribution in [0.2, 0.25) is 0 Å². The highest BCUT2D eigenvalue weighted by Gasteiger charge is 2.20. The molecule has 0 amide bonds. The number of likely N-dealkylation sites (N-methyl/N-ethyl adjacent to an activating group) is 1. The molecule has 1 heterocycles. The first-order chi connectivity index (χ1) is 9.28. The molecule has 4 nitrogen and oxygen atoms in total. The van der Waals surface area contributed by atoms with Crippen molar-refractivity contribution in [3.05, 3.63) is 23.8 Å². The fraction of sp³-hybridized carbons (Fsp3) is 0.600. The van der Waals surface area contributed by atoms with Gasteiger partial charge in [0.15, 0.2) is 11.5 Å². The quantitative estimate of drug-likeness (QED) is 0.905. The molecule has 5 heteroatoms. The van der Waals surface area contributed by atoms with Crippen molar-refractivity contribution in [2.24, 2.45) is 0 Å². The molecule has 0 aliphatic carbocycles. The zero-order valence-electron chi connectivity index (χ0n) is 12.5. The molecule has 1 aromatic rings. The van der Waals surface area contributed by atoms with E-state index in [9.17, 15) is 0 Å². The third-order valence-electron chi connectivity index (χ3n) is 3.79. The minimum absolute atomic E-state index is 0. The summed E-state index contributed by atoms with van der Waals surface area (Å²) in [7, 11) is 5.42. The van der Waals surface area contributed by atoms with Gasteiger partial charge in [0.1, 0.15) is 0 Å². The predicted octanol–water partition coefficient (Wildman–Crippen LogP) is 2.31. The summed E-state index contributed by atoms with van der Waals surface area (Å²) >= 11 is 0. The second-order valence-electron chi connectivity index (χ2n) is 5.02. The zero-order valence-corrected chi connectivity index (χ0v) is 13.3. The lowest BCUT2D eigenvalue weighted by atomic mass is 10.0. The van der Waals surface area contributed by atoms with Gasteiger partial charge < -0.3 is 14.8 Å². The van der Waals surface area contributed by atoms with E-state index in [-0.39, 0.29) is 12.4 Å². The predicted molar refractivity (Wildman–Crippen MR) is 84.2 cm³/mol. The van der Waals surface area contributed by atoms with Crippen LogP contribution in [0.1, 0.15) is 18.4 Å². The smallest absolute Gasteiger partial charge is 0.165 e. The number of piperidine rings is 1. The molecule has 1 saturated heterocycles. The van der Waals surface area contributed by atoms with E-state index in [1.165, 1.54) is 18.4 Å². The summed E-state index contributed by atoms with van der Waals surface area (Å²) < 4.78 is 10.8. The van der Waals surface area contributed by atoms with Crippen LogP contribution in [0.25, 0.3) is 0 Å². The SMILES string of the molecule is CNC1CCCN(Cc2cccc(OC)c2OC)C1.Cl. The topological polar surface area (TPSA) is 33.7 Å². The van der Waals surface area contributed by atoms with Crippen LogP contribution in [0.3, 0.4) is 0 Å². The molecule has 1 unspecified atom stereocenters. The highest BCUT2D eigenvalue weighted by atomic mass is 35.5. The summed E-state index contributed by atoms with van der Waals surface area (Å²) in [6.45, 7) is 3.16. The molecule has 1 aromatic carbocycles. The lowest BCUT2D eigenvalue weighted by Crippen LogP contribution is -2.43. The second kappa shape index (κ2) is 8.35. The monoisotopic (exact) mass is 300 g/mol. The molecule has 0 aromatic heterocycles. The van der Waals surface area contributed by atoms with Crippen molar-refractivity contribution in [2.75, 3.05) is 34.4 Å². The number of nitrogens with one attached hydrogen (secondary N) is 1. The molecule has 0 saturated carbocycles. The first-order valence-electron chi connectivity index (χ1n) is 6.88. The highest BCUT2D eigenvalue weighted by molar-refractivity contribution is 5.85. The largest absolute Gasteiger partial charge is 0.493 e. The molecular formula is C15H25ClN2O2. The standard InChI is InChI=1S/C15H24N2O2.ClH/c1-16-13-7-5-9-17(11-13)10-12-6-4-8-14(18-2)15(12)19-3;/h4,6,8,13,16H,5,7,9-11H2,1-3H3;1H. The van der Waals surface area contributed by atoms with E-state index in [4.69, 9.17) is 9.47 Å². The fourth-order valence-corrected chi connectivity index (χ4v) is 2.75. The normalized spacial score (nSPS) is 19.2. The van der Waals surface area contributed by atoms with E-state index in [2.05, 4.69) is 16.3 Å². The minimum atomic E-state index is 0. The third-order valence-corrected chi connectivity index (χ3v) is 3.79. The Hall–Kier alpha value is -0.970. The van der Waals surface area contributed by atoms with Crippen LogP contribution in [-0.4, -0.2) is 45.3 Å². The molecule has 0 radical (unpaired) electrons. The van der Waals surface area contributed by atoms with E-state index in [0.717, 1.165) is 31.1 Å². The number of likely N-dealkylation sites (tertiary alicyclic amines) is 1. The summed E-state index contributed by atoms with van der Waals surface area (Å²) in [4.78, 5) is 2.47. The summed E-state index contributed by atoms with van der Waals surface area (Å²) in [6, 6.07) is 6.68. The molecule has 1 aliphatic heterocycles. The van der Waals surface area contributed by atoms with Gasteiger partial charge in [-0.2, -0.15) is 0 Å². The highest BCUT2D eigenvalue weighted by Crippen LogP contribution is 2.31. The Morgan fingerprint density at radius 3 is 2.75 bits per heavy atom. The molecule has 2 rings (SSSR count). The summed E-state index contributed by atoms with van der Waals surface area (Å²) in [6.07, 6.45) is 2.51. The van der Waals surface area contributed by atoms with Gasteiger partial charge in [0, 0.05) is 24.7 Å². The maximum absolute atomic E-state index is 5.49. The van der Waals surface area contributed by atoms with Gasteiger partial charge in [0.05, 0.1) is 14.2 Å². The van der Waals surface area contributed by atoms with Crippen LogP contribution >= 0.6 is 12.4 Å². The van der Waals surface area contributed by atoms with Gasteiger partial charge in [-0.05, 0) is 32.5 Å². The van der Waals surface area contributed by atoms with Gasteiger partial charge in [0.25, 0.3) is 0 Å². The zero-order chi connectivity index (χ0) is 13.7. The molecule has 1 atom stereocenters. The van der Waals surface area contributed by atoms with Gasteiger partial charge in [0.2, 0.25) is 0 Å². The number of benzene rings is 1. The van der Waals surface area contributed by atoms with Crippen molar-refractivity contribution in [2.45, 2.75) is 25.4 Å². The number of para-hydroxylation sites is 1. The first kappa shape index (κ1) is 17.1. The van der Waals surface area contributed by atoms with Crippen molar-refractivity contribution >= 4 is 12.4 Å². The maximum Gasteiger partial charge on any atom is 0.165 e. The van der Waals surface area contributed by atoms with E-state index >= 15 is 0 Å². The molecule has 1 aliphatic rings. The Morgan fingerprint density at radius 1 is 1.30 bits per heavy atom. The number of nitrogens with zero attached hydrogens (tertiary/aromatic N) is 1. The number of methoxy groups -OCH3 is 2. The molecule has 20 heavy (non-hydrogen) atoms. The van der Waals surface area contributed by atoms with Crippen LogP contribution in [0.15, 0.2) is 18.2 Å². The number of halogens is 1. The fourth-order valence-electron chi connectivity index (χ4n) is 2.75. The Morgan fingerprint density at radius 2 is 2.10 bits per heavy atom. The number of hydrogen-bond acceptors (Lipinski definition) is 4. The van der Waals surface area contributed by atoms with E-state index in [1.54, 1.807) is 14.2 Å². The second-order valence-corrected chi connectivity index (χ2v) is 5.02. The number of hydrogen-bond donors (Lipinski definition) is 1. The summed E-state index contributed by atoms with van der Waals surface area (Å²) in [5.41, 5.74) is 1.19. The van der Waals surface area contributed by atoms with Crippen LogP contribution in [-0.2, 0) is 6.54 Å². The van der Waals surface area contributed by atoms with E-state index in [0.29, 0.717) is 6.04 Å². The Kier molecular flexibility index (Phi) is 7.13. The number of ether oxygens (including phenoxy) is 2. The Bertz CT molecular complexity index is 415. The van der Waals surface area contributed by atoms with Gasteiger partial charge >= 0.3 is 0 Å². The Labute approximate surface area is 127 Å². The first-order valence-corrected chi connectivity index (χ1v) is 6.88. The van der Waals surface area contributed by atoms with E-state index < -0.39 is 0 Å². The van der Waals surface area contributed by atoms with Crippen LogP contribution < -0.4 is 14.8 Å². The van der Waals surface area contributed by atoms with Gasteiger partial charge in [-0.25, -0.2) is 0 Å². The molecule has 1 fully saturated rings.